The minimum atomic E-state index is -0.595. The number of nitrogen functional groups attached to an aromatic ring is 1. The van der Waals surface area contributed by atoms with Gasteiger partial charge in [-0.05, 0) is 48.4 Å². The van der Waals surface area contributed by atoms with Crippen molar-refractivity contribution >= 4 is 17.9 Å². The summed E-state index contributed by atoms with van der Waals surface area (Å²) in [5.41, 5.74) is 9.01. The molecule has 5 N–H and O–H groups in total. The average molecular weight is 427 g/mol. The normalized spacial score (nSPS) is 14.8. The molecule has 1 aliphatic heterocycles. The average Bonchev–Trinajstić information content (AvgIpc) is 3.36. The van der Waals surface area contributed by atoms with E-state index in [1.807, 2.05) is 0 Å². The van der Waals surface area contributed by atoms with Crippen molar-refractivity contribution in [1.82, 2.24) is 35.6 Å². The van der Waals surface area contributed by atoms with Crippen molar-refractivity contribution in [1.29, 1.82) is 0 Å². The molecule has 162 valence electrons. The first-order chi connectivity index (χ1) is 15.0. The Labute approximate surface area is 176 Å². The van der Waals surface area contributed by atoms with Gasteiger partial charge in [0.05, 0.1) is 11.9 Å². The summed E-state index contributed by atoms with van der Waals surface area (Å²) in [6.07, 6.45) is 4.55. The molecule has 1 amide bonds. The molecule has 3 heterocycles. The number of carbonyl (C=O) groups excluding carboxylic acids is 1. The lowest BCUT2D eigenvalue weighted by molar-refractivity contribution is 0.0947. The zero-order valence-electron chi connectivity index (χ0n) is 16.5. The number of nitrogens with zero attached hydrogens (tertiary/aromatic N) is 7. The Kier molecular flexibility index (Phi) is 5.75. The van der Waals surface area contributed by atoms with E-state index in [2.05, 4.69) is 40.7 Å². The molecule has 1 fully saturated rings. The molecule has 0 aliphatic carbocycles. The summed E-state index contributed by atoms with van der Waals surface area (Å²) in [7, 11) is 0. The minimum Gasteiger partial charge on any atom is -0.508 e. The van der Waals surface area contributed by atoms with Gasteiger partial charge in [-0.3, -0.25) is 9.69 Å². The monoisotopic (exact) mass is 427 g/mol. The first kappa shape index (κ1) is 20.3. The summed E-state index contributed by atoms with van der Waals surface area (Å²) in [5, 5.41) is 38.3. The van der Waals surface area contributed by atoms with Crippen LogP contribution in [-0.2, 0) is 6.54 Å². The van der Waals surface area contributed by atoms with Gasteiger partial charge in [-0.1, -0.05) is 11.6 Å². The standard InChI is InChI=1S/C18H21N9O4/c19-16-17(24-31-23-16)27-13(10-26-6-2-1-3-7-26)15(21-25-27)18(30)22-20-9-11-4-5-12(28)8-14(11)29/h4-5,8-9,28-29H,1-3,6-7,10H2,(H2,19,23)(H,22,30)/b20-9-. The molecule has 0 atom stereocenters. The second-order valence-electron chi connectivity index (χ2n) is 7.05. The Balaban J connectivity index is 1.57. The lowest BCUT2D eigenvalue weighted by Gasteiger charge is -2.26. The number of hydrogen-bond donors (Lipinski definition) is 4. The van der Waals surface area contributed by atoms with Gasteiger partial charge in [0.15, 0.2) is 5.69 Å². The third-order valence-corrected chi connectivity index (χ3v) is 4.88. The predicted octanol–water partition coefficient (Wildman–Crippen LogP) is 0.393. The highest BCUT2D eigenvalue weighted by Crippen LogP contribution is 2.21. The number of phenols is 2. The number of carbonyl (C=O) groups is 1. The summed E-state index contributed by atoms with van der Waals surface area (Å²) in [6.45, 7) is 2.18. The van der Waals surface area contributed by atoms with Crippen LogP contribution in [0.4, 0.5) is 5.82 Å². The Morgan fingerprint density at radius 1 is 1.26 bits per heavy atom. The van der Waals surface area contributed by atoms with Crippen LogP contribution in [0.3, 0.4) is 0 Å². The van der Waals surface area contributed by atoms with Crippen molar-refractivity contribution in [2.75, 3.05) is 18.8 Å². The molecule has 31 heavy (non-hydrogen) atoms. The number of likely N-dealkylation sites (tertiary alicyclic amines) is 1. The van der Waals surface area contributed by atoms with Gasteiger partial charge >= 0.3 is 0 Å². The predicted molar refractivity (Wildman–Crippen MR) is 108 cm³/mol. The smallest absolute Gasteiger partial charge is 0.293 e. The Hall–Kier alpha value is -4.00. The van der Waals surface area contributed by atoms with Crippen LogP contribution in [0.5, 0.6) is 11.5 Å². The SMILES string of the molecule is Nc1nonc1-n1nnc(C(=O)N/N=C\c2ccc(O)cc2O)c1CN1CCCCC1. The molecule has 0 bridgehead atoms. The number of nitrogens with one attached hydrogen (secondary N) is 1. The van der Waals surface area contributed by atoms with E-state index in [4.69, 9.17) is 5.73 Å². The van der Waals surface area contributed by atoms with Gasteiger partial charge < -0.3 is 15.9 Å². The fourth-order valence-electron chi connectivity index (χ4n) is 3.31. The summed E-state index contributed by atoms with van der Waals surface area (Å²) in [4.78, 5) is 14.9. The fourth-order valence-corrected chi connectivity index (χ4v) is 3.31. The number of nitrogens with two attached hydrogens (primary N) is 1. The Morgan fingerprint density at radius 3 is 2.77 bits per heavy atom. The van der Waals surface area contributed by atoms with E-state index in [1.54, 1.807) is 0 Å². The van der Waals surface area contributed by atoms with Crippen molar-refractivity contribution in [3.05, 3.63) is 35.2 Å². The second kappa shape index (κ2) is 8.79. The summed E-state index contributed by atoms with van der Waals surface area (Å²) in [5.74, 6) is -0.681. The van der Waals surface area contributed by atoms with Gasteiger partial charge in [0.25, 0.3) is 5.91 Å². The van der Waals surface area contributed by atoms with E-state index in [0.717, 1.165) is 25.9 Å². The molecular formula is C18H21N9O4. The molecule has 0 radical (unpaired) electrons. The molecule has 1 aliphatic rings. The number of aromatic nitrogens is 5. The molecule has 4 rings (SSSR count). The first-order valence-electron chi connectivity index (χ1n) is 9.63. The zero-order chi connectivity index (χ0) is 21.8. The maximum absolute atomic E-state index is 12.8. The third kappa shape index (κ3) is 4.45. The molecule has 13 nitrogen and oxygen atoms in total. The molecule has 0 unspecified atom stereocenters. The maximum atomic E-state index is 12.8. The molecule has 13 heteroatoms. The van der Waals surface area contributed by atoms with Crippen molar-refractivity contribution < 1.29 is 19.6 Å². The zero-order valence-corrected chi connectivity index (χ0v) is 16.5. The van der Waals surface area contributed by atoms with Crippen LogP contribution in [0.25, 0.3) is 5.82 Å². The number of amides is 1. The van der Waals surface area contributed by atoms with Gasteiger partial charge in [-0.15, -0.1) is 5.10 Å². The van der Waals surface area contributed by atoms with Gasteiger partial charge in [0.2, 0.25) is 11.6 Å². The number of rotatable bonds is 6. The van der Waals surface area contributed by atoms with Crippen LogP contribution in [-0.4, -0.2) is 65.6 Å². The highest BCUT2D eigenvalue weighted by Gasteiger charge is 2.26. The summed E-state index contributed by atoms with van der Waals surface area (Å²) in [6, 6.07) is 4.02. The van der Waals surface area contributed by atoms with E-state index in [0.29, 0.717) is 17.8 Å². The Bertz CT molecular complexity index is 1100. The number of anilines is 1. The topological polar surface area (TPSA) is 181 Å². The minimum absolute atomic E-state index is 0.0255. The molecular weight excluding hydrogens is 406 g/mol. The summed E-state index contributed by atoms with van der Waals surface area (Å²) >= 11 is 0. The van der Waals surface area contributed by atoms with E-state index >= 15 is 0 Å². The van der Waals surface area contributed by atoms with Crippen molar-refractivity contribution in [3.8, 4) is 17.3 Å². The van der Waals surface area contributed by atoms with E-state index in [9.17, 15) is 15.0 Å². The van der Waals surface area contributed by atoms with Crippen molar-refractivity contribution in [2.24, 2.45) is 5.10 Å². The number of hydrazone groups is 1. The number of hydrogen-bond acceptors (Lipinski definition) is 11. The van der Waals surface area contributed by atoms with Crippen LogP contribution in [0.1, 0.15) is 41.0 Å². The van der Waals surface area contributed by atoms with Crippen LogP contribution in [0, 0.1) is 0 Å². The van der Waals surface area contributed by atoms with Crippen LogP contribution < -0.4 is 11.2 Å². The molecule has 0 saturated carbocycles. The number of piperidine rings is 1. The van der Waals surface area contributed by atoms with E-state index in [1.165, 1.54) is 35.5 Å². The largest absolute Gasteiger partial charge is 0.508 e. The van der Waals surface area contributed by atoms with Gasteiger partial charge in [-0.2, -0.15) is 9.78 Å². The van der Waals surface area contributed by atoms with Crippen molar-refractivity contribution in [2.45, 2.75) is 25.8 Å². The lowest BCUT2D eigenvalue weighted by atomic mass is 10.1. The van der Waals surface area contributed by atoms with Gasteiger partial charge in [0.1, 0.15) is 11.5 Å². The fraction of sp³-hybridized carbons (Fsp3) is 0.333. The number of phenolic OH excluding ortho intramolecular Hbond substituents is 2. The van der Waals surface area contributed by atoms with E-state index < -0.39 is 5.91 Å². The number of aromatic hydroxyl groups is 2. The molecule has 0 spiro atoms. The first-order valence-corrected chi connectivity index (χ1v) is 9.63. The van der Waals surface area contributed by atoms with Gasteiger partial charge in [0, 0.05) is 18.2 Å². The summed E-state index contributed by atoms with van der Waals surface area (Å²) < 4.78 is 5.99. The van der Waals surface area contributed by atoms with Crippen molar-refractivity contribution in [3.63, 3.8) is 0 Å². The van der Waals surface area contributed by atoms with Crippen LogP contribution in [0.15, 0.2) is 27.9 Å². The maximum Gasteiger partial charge on any atom is 0.293 e. The van der Waals surface area contributed by atoms with Crippen LogP contribution in [0.2, 0.25) is 0 Å². The molecule has 3 aromatic rings. The number of benzene rings is 1. The van der Waals surface area contributed by atoms with E-state index in [-0.39, 0.29) is 28.8 Å². The molecule has 1 saturated heterocycles. The Morgan fingerprint density at radius 2 is 2.06 bits per heavy atom. The highest BCUT2D eigenvalue weighted by atomic mass is 16.6. The van der Waals surface area contributed by atoms with Crippen LogP contribution >= 0.6 is 0 Å². The second-order valence-corrected chi connectivity index (χ2v) is 7.05. The molecule has 1 aromatic carbocycles. The molecule has 2 aromatic heterocycles. The lowest BCUT2D eigenvalue weighted by Crippen LogP contribution is -2.31. The quantitative estimate of drug-likeness (QED) is 0.317. The highest BCUT2D eigenvalue weighted by molar-refractivity contribution is 5.94. The third-order valence-electron chi connectivity index (χ3n) is 4.88. The van der Waals surface area contributed by atoms with Gasteiger partial charge in [-0.25, -0.2) is 10.1 Å².